The summed E-state index contributed by atoms with van der Waals surface area (Å²) in [5, 5.41) is 3.68. The summed E-state index contributed by atoms with van der Waals surface area (Å²) in [6.07, 6.45) is 4.98. The lowest BCUT2D eigenvalue weighted by molar-refractivity contribution is -0.197. The zero-order valence-corrected chi connectivity index (χ0v) is 21.4. The van der Waals surface area contributed by atoms with Crippen molar-refractivity contribution in [2.24, 2.45) is 5.92 Å². The van der Waals surface area contributed by atoms with E-state index < -0.39 is 5.60 Å². The minimum absolute atomic E-state index is 0.00108. The van der Waals surface area contributed by atoms with E-state index in [4.69, 9.17) is 35.9 Å². The summed E-state index contributed by atoms with van der Waals surface area (Å²) in [5.41, 5.74) is -0.530. The average molecular weight is 475 g/mol. The Hall–Kier alpha value is -1.16. The van der Waals surface area contributed by atoms with Crippen LogP contribution in [-0.2, 0) is 23.7 Å². The molecule has 1 N–H and O–H groups in total. The molecule has 2 fully saturated rings. The molecule has 4 unspecified atom stereocenters. The number of methoxy groups -OCH3 is 1. The molecule has 8 nitrogen and oxygen atoms in total. The van der Waals surface area contributed by atoms with Gasteiger partial charge in [0.2, 0.25) is 0 Å². The molecule has 2 aliphatic rings. The number of likely N-dealkylation sites (N-methyl/N-ethyl adjacent to an activating group) is 1. The predicted molar refractivity (Wildman–Crippen MR) is 126 cm³/mol. The van der Waals surface area contributed by atoms with E-state index in [9.17, 15) is 4.79 Å². The second kappa shape index (κ2) is 12.9. The number of hydrogen-bond donors (Lipinski definition) is 1. The van der Waals surface area contributed by atoms with E-state index in [1.54, 1.807) is 7.11 Å². The predicted octanol–water partition coefficient (Wildman–Crippen LogP) is 4.21. The molecule has 0 radical (unpaired) electrons. The van der Waals surface area contributed by atoms with Gasteiger partial charge in [-0.1, -0.05) is 12.8 Å². The van der Waals surface area contributed by atoms with Crippen LogP contribution in [0, 0.1) is 5.92 Å². The number of nitrogens with zero attached hydrogens (tertiary/aromatic N) is 1. The van der Waals surface area contributed by atoms with E-state index in [0.29, 0.717) is 5.17 Å². The van der Waals surface area contributed by atoms with Gasteiger partial charge in [-0.25, -0.2) is 4.79 Å². The van der Waals surface area contributed by atoms with Gasteiger partial charge in [0.25, 0.3) is 5.17 Å². The lowest BCUT2D eigenvalue weighted by Crippen LogP contribution is -2.48. The van der Waals surface area contributed by atoms with Crippen LogP contribution >= 0.6 is 12.2 Å². The Balaban J connectivity index is 2.01. The first kappa shape index (κ1) is 27.1. The van der Waals surface area contributed by atoms with E-state index in [0.717, 1.165) is 51.6 Å². The van der Waals surface area contributed by atoms with Gasteiger partial charge in [0.15, 0.2) is 6.29 Å². The molecule has 1 saturated heterocycles. The standard InChI is InChI=1S/C23H42N2O6S/c1-7-25-14-17(30-22(25)32)12-13-20(29-15-28-16(2)27-6)18-10-8-9-11-19(18)24-21(26)31-23(3,4)5/h16-20H,7-15H2,1-6H3,(H,24,26)/t16?,17-,18?,19?,20?/m1/s1. The molecule has 9 heteroatoms. The van der Waals surface area contributed by atoms with Crippen LogP contribution in [0.3, 0.4) is 0 Å². The Morgan fingerprint density at radius 2 is 2.00 bits per heavy atom. The first-order valence-corrected chi connectivity index (χ1v) is 12.2. The van der Waals surface area contributed by atoms with Crippen molar-refractivity contribution in [2.75, 3.05) is 27.0 Å². The summed E-state index contributed by atoms with van der Waals surface area (Å²) in [7, 11) is 1.60. The van der Waals surface area contributed by atoms with Gasteiger partial charge in [-0.05, 0) is 72.5 Å². The largest absolute Gasteiger partial charge is 0.466 e. The molecule has 32 heavy (non-hydrogen) atoms. The molecule has 1 aliphatic heterocycles. The van der Waals surface area contributed by atoms with Gasteiger partial charge in [0.05, 0.1) is 12.6 Å². The monoisotopic (exact) mass is 474 g/mol. The number of amides is 1. The third-order valence-electron chi connectivity index (χ3n) is 6.02. The fraction of sp³-hybridized carbons (Fsp3) is 0.913. The molecule has 1 amide bonds. The number of thiocarbonyl (C=S) groups is 1. The Bertz CT molecular complexity index is 600. The van der Waals surface area contributed by atoms with Crippen LogP contribution in [0.1, 0.15) is 73.1 Å². The molecule has 2 rings (SSSR count). The highest BCUT2D eigenvalue weighted by Gasteiger charge is 2.36. The smallest absolute Gasteiger partial charge is 0.407 e. The minimum atomic E-state index is -0.530. The van der Waals surface area contributed by atoms with Gasteiger partial charge in [-0.2, -0.15) is 0 Å². The number of nitrogens with one attached hydrogen (secondary N) is 1. The van der Waals surface area contributed by atoms with Crippen molar-refractivity contribution in [3.8, 4) is 0 Å². The Labute approximate surface area is 198 Å². The van der Waals surface area contributed by atoms with Crippen molar-refractivity contribution in [1.29, 1.82) is 0 Å². The van der Waals surface area contributed by atoms with E-state index in [2.05, 4.69) is 17.1 Å². The highest BCUT2D eigenvalue weighted by molar-refractivity contribution is 7.80. The minimum Gasteiger partial charge on any atom is -0.466 e. The van der Waals surface area contributed by atoms with Crippen molar-refractivity contribution < 1.29 is 28.5 Å². The van der Waals surface area contributed by atoms with Crippen molar-refractivity contribution in [2.45, 2.75) is 103 Å². The van der Waals surface area contributed by atoms with Gasteiger partial charge in [-0.3, -0.25) is 0 Å². The molecule has 1 saturated carbocycles. The lowest BCUT2D eigenvalue weighted by atomic mass is 9.79. The number of carbonyl (C=O) groups excluding carboxylic acids is 1. The van der Waals surface area contributed by atoms with Crippen molar-refractivity contribution in [3.63, 3.8) is 0 Å². The molecule has 1 aliphatic carbocycles. The Morgan fingerprint density at radius 1 is 1.28 bits per heavy atom. The average Bonchev–Trinajstić information content (AvgIpc) is 3.09. The highest BCUT2D eigenvalue weighted by Crippen LogP contribution is 2.32. The number of alkyl carbamates (subject to hydrolysis) is 1. The third-order valence-corrected chi connectivity index (χ3v) is 6.37. The quantitative estimate of drug-likeness (QED) is 0.352. The fourth-order valence-corrected chi connectivity index (χ4v) is 4.63. The molecular formula is C23H42N2O6S. The van der Waals surface area contributed by atoms with Gasteiger partial charge in [0, 0.05) is 25.6 Å². The van der Waals surface area contributed by atoms with Crippen LogP contribution in [0.4, 0.5) is 4.79 Å². The highest BCUT2D eigenvalue weighted by atomic mass is 32.1. The van der Waals surface area contributed by atoms with Crippen LogP contribution < -0.4 is 5.32 Å². The van der Waals surface area contributed by atoms with Crippen LogP contribution in [0.15, 0.2) is 0 Å². The number of carbonyl (C=O) groups is 1. The number of ether oxygens (including phenoxy) is 5. The molecule has 5 atom stereocenters. The van der Waals surface area contributed by atoms with Gasteiger partial charge >= 0.3 is 6.09 Å². The first-order valence-electron chi connectivity index (χ1n) is 11.8. The maximum Gasteiger partial charge on any atom is 0.407 e. The van der Waals surface area contributed by atoms with Crippen molar-refractivity contribution in [3.05, 3.63) is 0 Å². The van der Waals surface area contributed by atoms with Crippen LogP contribution in [0.5, 0.6) is 0 Å². The second-order valence-corrected chi connectivity index (χ2v) is 9.96. The van der Waals surface area contributed by atoms with Crippen molar-refractivity contribution >= 4 is 23.5 Å². The second-order valence-electron chi connectivity index (χ2n) is 9.62. The molecule has 0 aromatic heterocycles. The number of rotatable bonds is 11. The van der Waals surface area contributed by atoms with Gasteiger partial charge < -0.3 is 33.9 Å². The maximum absolute atomic E-state index is 12.5. The SMILES string of the molecule is CCN1C[C@@H](CCC(OCOC(C)OC)C2CCCCC2NC(=O)OC(C)(C)C)OC1=S. The van der Waals surface area contributed by atoms with E-state index in [1.807, 2.05) is 27.7 Å². The summed E-state index contributed by atoms with van der Waals surface area (Å²) >= 11 is 5.32. The summed E-state index contributed by atoms with van der Waals surface area (Å²) in [4.78, 5) is 14.5. The lowest BCUT2D eigenvalue weighted by Gasteiger charge is -2.38. The first-order chi connectivity index (χ1) is 15.1. The van der Waals surface area contributed by atoms with Gasteiger partial charge in [-0.15, -0.1) is 0 Å². The Kier molecular flexibility index (Phi) is 10.9. The van der Waals surface area contributed by atoms with Crippen LogP contribution in [0.25, 0.3) is 0 Å². The maximum atomic E-state index is 12.5. The van der Waals surface area contributed by atoms with E-state index in [1.165, 1.54) is 0 Å². The van der Waals surface area contributed by atoms with Crippen molar-refractivity contribution in [1.82, 2.24) is 10.2 Å². The van der Waals surface area contributed by atoms with Crippen LogP contribution in [0.2, 0.25) is 0 Å². The molecule has 0 aromatic carbocycles. The number of hydrogen-bond acceptors (Lipinski definition) is 7. The molecule has 0 bridgehead atoms. The zero-order chi connectivity index (χ0) is 23.7. The third kappa shape index (κ3) is 9.00. The molecule has 0 aromatic rings. The molecule has 186 valence electrons. The summed E-state index contributed by atoms with van der Waals surface area (Å²) in [6.45, 7) is 11.3. The van der Waals surface area contributed by atoms with E-state index >= 15 is 0 Å². The summed E-state index contributed by atoms with van der Waals surface area (Å²) in [6, 6.07) is 0.00108. The molecule has 0 spiro atoms. The Morgan fingerprint density at radius 3 is 2.62 bits per heavy atom. The molecule has 1 heterocycles. The summed E-state index contributed by atoms with van der Waals surface area (Å²) < 4.78 is 28.3. The molecular weight excluding hydrogens is 432 g/mol. The van der Waals surface area contributed by atoms with Crippen LogP contribution in [-0.4, -0.2) is 73.3 Å². The topological polar surface area (TPSA) is 78.5 Å². The zero-order valence-electron chi connectivity index (χ0n) is 20.6. The van der Waals surface area contributed by atoms with E-state index in [-0.39, 0.29) is 43.3 Å². The summed E-state index contributed by atoms with van der Waals surface area (Å²) in [5.74, 6) is 0.174. The van der Waals surface area contributed by atoms with Gasteiger partial charge in [0.1, 0.15) is 18.5 Å². The fourth-order valence-electron chi connectivity index (χ4n) is 4.29. The normalized spacial score (nSPS) is 25.9.